The number of hydrogen-bond donors (Lipinski definition) is 2. The van der Waals surface area contributed by atoms with Crippen molar-refractivity contribution >= 4 is 17.3 Å². The summed E-state index contributed by atoms with van der Waals surface area (Å²) in [5, 5.41) is 17.8. The predicted octanol–water partition coefficient (Wildman–Crippen LogP) is 2.45. The molecular weight excluding hydrogens is 390 g/mol. The van der Waals surface area contributed by atoms with E-state index in [4.69, 9.17) is 10.1 Å². The summed E-state index contributed by atoms with van der Waals surface area (Å²) in [5.41, 5.74) is 6.07. The fourth-order valence-corrected chi connectivity index (χ4v) is 4.59. The van der Waals surface area contributed by atoms with Crippen molar-refractivity contribution in [1.82, 2.24) is 24.6 Å². The van der Waals surface area contributed by atoms with Gasteiger partial charge in [0.1, 0.15) is 0 Å². The van der Waals surface area contributed by atoms with E-state index >= 15 is 0 Å². The maximum Gasteiger partial charge on any atom is 0.229 e. The SMILES string of the molecule is CN1CCc2cc(Nc3nccc(-n4cc(CN5CC(O)C5)c(C5CC5)n4)n3)ccc21. The maximum atomic E-state index is 9.60. The Bertz CT molecular complexity index is 1120. The lowest BCUT2D eigenvalue weighted by Gasteiger charge is -2.35. The first kappa shape index (κ1) is 18.8. The zero-order valence-corrected chi connectivity index (χ0v) is 17.7. The number of aliphatic hydroxyl groups is 1. The second-order valence-corrected chi connectivity index (χ2v) is 8.98. The second kappa shape index (κ2) is 7.32. The average Bonchev–Trinajstić information content (AvgIpc) is 3.41. The van der Waals surface area contributed by atoms with Crippen LogP contribution >= 0.6 is 0 Å². The van der Waals surface area contributed by atoms with Crippen LogP contribution < -0.4 is 10.2 Å². The van der Waals surface area contributed by atoms with Gasteiger partial charge in [0.2, 0.25) is 5.95 Å². The molecule has 160 valence electrons. The van der Waals surface area contributed by atoms with E-state index in [2.05, 4.69) is 51.5 Å². The van der Waals surface area contributed by atoms with Crippen LogP contribution in [-0.2, 0) is 13.0 Å². The molecule has 6 rings (SSSR count). The third kappa shape index (κ3) is 3.66. The van der Waals surface area contributed by atoms with E-state index in [1.54, 1.807) is 6.20 Å². The van der Waals surface area contributed by atoms with Crippen LogP contribution in [0, 0.1) is 0 Å². The fourth-order valence-electron chi connectivity index (χ4n) is 4.59. The van der Waals surface area contributed by atoms with Crippen LogP contribution in [0.1, 0.15) is 35.6 Å². The topological polar surface area (TPSA) is 82.3 Å². The molecule has 8 heteroatoms. The molecule has 2 aromatic heterocycles. The number of aromatic nitrogens is 4. The zero-order valence-electron chi connectivity index (χ0n) is 17.7. The van der Waals surface area contributed by atoms with Gasteiger partial charge in [-0.15, -0.1) is 0 Å². The van der Waals surface area contributed by atoms with Gasteiger partial charge in [-0.3, -0.25) is 4.90 Å². The van der Waals surface area contributed by atoms with Crippen molar-refractivity contribution in [2.24, 2.45) is 0 Å². The highest BCUT2D eigenvalue weighted by Gasteiger charge is 2.32. The van der Waals surface area contributed by atoms with Crippen LogP contribution in [-0.4, -0.2) is 62.5 Å². The van der Waals surface area contributed by atoms with E-state index in [1.807, 2.05) is 10.7 Å². The number of nitrogens with zero attached hydrogens (tertiary/aromatic N) is 6. The van der Waals surface area contributed by atoms with Crippen molar-refractivity contribution in [1.29, 1.82) is 0 Å². The van der Waals surface area contributed by atoms with Gasteiger partial charge in [-0.2, -0.15) is 10.1 Å². The number of aliphatic hydroxyl groups excluding tert-OH is 1. The van der Waals surface area contributed by atoms with E-state index in [1.165, 1.54) is 35.3 Å². The van der Waals surface area contributed by atoms with E-state index in [0.29, 0.717) is 11.9 Å². The molecule has 3 aliphatic rings. The summed E-state index contributed by atoms with van der Waals surface area (Å²) < 4.78 is 1.88. The molecule has 1 saturated heterocycles. The minimum absolute atomic E-state index is 0.186. The van der Waals surface area contributed by atoms with Crippen molar-refractivity contribution in [3.63, 3.8) is 0 Å². The summed E-state index contributed by atoms with van der Waals surface area (Å²) in [6.45, 7) is 3.38. The molecule has 3 aromatic rings. The van der Waals surface area contributed by atoms with Gasteiger partial charge in [0.15, 0.2) is 5.82 Å². The standard InChI is InChI=1S/C23H27N7O/c1-28-9-7-16-10-18(4-5-20(16)28)25-23-24-8-6-21(26-23)30-12-17(11-29-13-19(31)14-29)22(27-30)15-2-3-15/h4-6,8,10,12,15,19,31H,2-3,7,9,11,13-14H2,1H3,(H,24,25,26). The van der Waals surface area contributed by atoms with Crippen molar-refractivity contribution in [3.05, 3.63) is 53.5 Å². The molecule has 0 atom stereocenters. The van der Waals surface area contributed by atoms with Gasteiger partial charge in [0, 0.05) is 74.5 Å². The van der Waals surface area contributed by atoms with Gasteiger partial charge < -0.3 is 15.3 Å². The lowest BCUT2D eigenvalue weighted by atomic mass is 10.1. The molecule has 0 amide bonds. The fraction of sp³-hybridized carbons (Fsp3) is 0.435. The predicted molar refractivity (Wildman–Crippen MR) is 119 cm³/mol. The summed E-state index contributed by atoms with van der Waals surface area (Å²) in [4.78, 5) is 13.7. The molecule has 0 spiro atoms. The molecule has 8 nitrogen and oxygen atoms in total. The first-order valence-electron chi connectivity index (χ1n) is 11.1. The number of hydrogen-bond acceptors (Lipinski definition) is 7. The summed E-state index contributed by atoms with van der Waals surface area (Å²) in [6, 6.07) is 8.32. The first-order valence-corrected chi connectivity index (χ1v) is 11.1. The normalized spacial score (nSPS) is 18.8. The Kier molecular flexibility index (Phi) is 4.43. The molecule has 2 aliphatic heterocycles. The van der Waals surface area contributed by atoms with Crippen molar-refractivity contribution in [3.8, 4) is 5.82 Å². The summed E-state index contributed by atoms with van der Waals surface area (Å²) in [5.74, 6) is 1.89. The first-order chi connectivity index (χ1) is 15.1. The molecule has 2 N–H and O–H groups in total. The Morgan fingerprint density at radius 1 is 1.19 bits per heavy atom. The minimum atomic E-state index is -0.186. The highest BCUT2D eigenvalue weighted by molar-refractivity contribution is 5.66. The Hall–Kier alpha value is -2.97. The van der Waals surface area contributed by atoms with Crippen molar-refractivity contribution in [2.45, 2.75) is 37.8 Å². The van der Waals surface area contributed by atoms with Crippen LogP contribution in [0.15, 0.2) is 36.7 Å². The van der Waals surface area contributed by atoms with E-state index in [-0.39, 0.29) is 6.10 Å². The summed E-state index contributed by atoms with van der Waals surface area (Å²) in [6.07, 6.45) is 7.16. The van der Waals surface area contributed by atoms with Gasteiger partial charge in [0.25, 0.3) is 0 Å². The lowest BCUT2D eigenvalue weighted by molar-refractivity contribution is -0.00301. The number of likely N-dealkylation sites (N-methyl/N-ethyl adjacent to an activating group) is 1. The Balaban J connectivity index is 1.24. The monoisotopic (exact) mass is 417 g/mol. The van der Waals surface area contributed by atoms with E-state index < -0.39 is 0 Å². The number of likely N-dealkylation sites (tertiary alicyclic amines) is 1. The molecule has 31 heavy (non-hydrogen) atoms. The molecule has 1 aromatic carbocycles. The number of rotatable bonds is 6. The summed E-state index contributed by atoms with van der Waals surface area (Å²) >= 11 is 0. The highest BCUT2D eigenvalue weighted by atomic mass is 16.3. The lowest BCUT2D eigenvalue weighted by Crippen LogP contribution is -2.49. The number of nitrogens with one attached hydrogen (secondary N) is 1. The number of fused-ring (bicyclic) bond motifs is 1. The molecule has 0 unspecified atom stereocenters. The van der Waals surface area contributed by atoms with E-state index in [0.717, 1.165) is 44.1 Å². The zero-order chi connectivity index (χ0) is 20.9. The third-order valence-corrected chi connectivity index (χ3v) is 6.46. The molecule has 0 bridgehead atoms. The largest absolute Gasteiger partial charge is 0.390 e. The third-order valence-electron chi connectivity index (χ3n) is 6.46. The highest BCUT2D eigenvalue weighted by Crippen LogP contribution is 2.41. The van der Waals surface area contributed by atoms with Crippen LogP contribution in [0.2, 0.25) is 0 Å². The van der Waals surface area contributed by atoms with Gasteiger partial charge in [0.05, 0.1) is 11.8 Å². The van der Waals surface area contributed by atoms with Gasteiger partial charge in [-0.25, -0.2) is 9.67 Å². The molecule has 0 radical (unpaired) electrons. The minimum Gasteiger partial charge on any atom is -0.390 e. The van der Waals surface area contributed by atoms with Crippen LogP contribution in [0.3, 0.4) is 0 Å². The number of anilines is 3. The van der Waals surface area contributed by atoms with Crippen LogP contribution in [0.5, 0.6) is 0 Å². The van der Waals surface area contributed by atoms with Gasteiger partial charge >= 0.3 is 0 Å². The Morgan fingerprint density at radius 3 is 2.87 bits per heavy atom. The number of benzene rings is 1. The van der Waals surface area contributed by atoms with Gasteiger partial charge in [-0.1, -0.05) is 0 Å². The molecular formula is C23H27N7O. The molecule has 2 fully saturated rings. The second-order valence-electron chi connectivity index (χ2n) is 8.98. The Morgan fingerprint density at radius 2 is 2.06 bits per heavy atom. The van der Waals surface area contributed by atoms with Gasteiger partial charge in [-0.05, 0) is 43.0 Å². The van der Waals surface area contributed by atoms with Crippen molar-refractivity contribution < 1.29 is 5.11 Å². The Labute approximate surface area is 181 Å². The van der Waals surface area contributed by atoms with E-state index in [9.17, 15) is 5.11 Å². The van der Waals surface area contributed by atoms with Crippen molar-refractivity contribution in [2.75, 3.05) is 36.9 Å². The average molecular weight is 418 g/mol. The van der Waals surface area contributed by atoms with Crippen LogP contribution in [0.25, 0.3) is 5.82 Å². The smallest absolute Gasteiger partial charge is 0.229 e. The quantitative estimate of drug-likeness (QED) is 0.637. The molecule has 1 aliphatic carbocycles. The molecule has 1 saturated carbocycles. The summed E-state index contributed by atoms with van der Waals surface area (Å²) in [7, 11) is 2.13. The number of β-amino-alcohol motifs (C(OH)–C–C–N with tert-alkyl or cyclic N) is 1. The maximum absolute atomic E-state index is 9.60. The molecule has 4 heterocycles. The van der Waals surface area contributed by atoms with Crippen LogP contribution in [0.4, 0.5) is 17.3 Å².